The molecule has 1 fully saturated rings. The van der Waals surface area contributed by atoms with Gasteiger partial charge in [0, 0.05) is 44.1 Å². The van der Waals surface area contributed by atoms with E-state index in [0.717, 1.165) is 56.2 Å². The molecule has 4 rings (SSSR count). The fourth-order valence-electron chi connectivity index (χ4n) is 3.40. The molecule has 2 aromatic rings. The predicted molar refractivity (Wildman–Crippen MR) is 105 cm³/mol. The van der Waals surface area contributed by atoms with Gasteiger partial charge in [-0.1, -0.05) is 12.1 Å². The number of thiophene rings is 1. The number of carbonyl (C=O) groups is 1. The standard InChI is InChI=1S/C20H25N3O3S/c24-20(21-13-16-3-4-18-19(12-16)26-15-25-18)14-23-9-7-22(8-10-23)6-5-17-2-1-11-27-17/h1-4,11-12H,5-10,13-15H2,(H,21,24). The highest BCUT2D eigenvalue weighted by Gasteiger charge is 2.19. The molecular weight excluding hydrogens is 362 g/mol. The van der Waals surface area contributed by atoms with Gasteiger partial charge in [-0.15, -0.1) is 11.3 Å². The lowest BCUT2D eigenvalue weighted by atomic mass is 10.2. The van der Waals surface area contributed by atoms with E-state index in [1.807, 2.05) is 29.5 Å². The smallest absolute Gasteiger partial charge is 0.234 e. The summed E-state index contributed by atoms with van der Waals surface area (Å²) in [6, 6.07) is 10.1. The highest BCUT2D eigenvalue weighted by atomic mass is 32.1. The maximum Gasteiger partial charge on any atom is 0.234 e. The Bertz CT molecular complexity index is 758. The fraction of sp³-hybridized carbons (Fsp3) is 0.450. The average Bonchev–Trinajstić information content (AvgIpc) is 3.37. The van der Waals surface area contributed by atoms with Gasteiger partial charge in [0.25, 0.3) is 0 Å². The monoisotopic (exact) mass is 387 g/mol. The van der Waals surface area contributed by atoms with E-state index >= 15 is 0 Å². The van der Waals surface area contributed by atoms with Crippen LogP contribution in [0, 0.1) is 0 Å². The maximum atomic E-state index is 12.3. The van der Waals surface area contributed by atoms with Gasteiger partial charge < -0.3 is 19.7 Å². The van der Waals surface area contributed by atoms with E-state index in [2.05, 4.69) is 32.6 Å². The van der Waals surface area contributed by atoms with Gasteiger partial charge in [-0.3, -0.25) is 9.69 Å². The summed E-state index contributed by atoms with van der Waals surface area (Å²) >= 11 is 1.83. The largest absolute Gasteiger partial charge is 0.454 e. The summed E-state index contributed by atoms with van der Waals surface area (Å²) < 4.78 is 10.7. The topological polar surface area (TPSA) is 54.0 Å². The van der Waals surface area contributed by atoms with Gasteiger partial charge >= 0.3 is 0 Å². The molecule has 0 radical (unpaired) electrons. The quantitative estimate of drug-likeness (QED) is 0.787. The van der Waals surface area contributed by atoms with Crippen LogP contribution in [0.15, 0.2) is 35.7 Å². The fourth-order valence-corrected chi connectivity index (χ4v) is 4.10. The second-order valence-electron chi connectivity index (χ2n) is 6.91. The minimum absolute atomic E-state index is 0.0692. The first-order chi connectivity index (χ1) is 13.3. The summed E-state index contributed by atoms with van der Waals surface area (Å²) in [5, 5.41) is 5.14. The van der Waals surface area contributed by atoms with Crippen LogP contribution in [-0.2, 0) is 17.8 Å². The van der Waals surface area contributed by atoms with E-state index in [1.165, 1.54) is 4.88 Å². The minimum Gasteiger partial charge on any atom is -0.454 e. The third kappa shape index (κ3) is 5.00. The van der Waals surface area contributed by atoms with Gasteiger partial charge in [-0.25, -0.2) is 0 Å². The molecule has 0 atom stereocenters. The van der Waals surface area contributed by atoms with E-state index in [9.17, 15) is 4.79 Å². The maximum absolute atomic E-state index is 12.3. The molecule has 3 heterocycles. The molecule has 27 heavy (non-hydrogen) atoms. The molecule has 7 heteroatoms. The van der Waals surface area contributed by atoms with Crippen molar-refractivity contribution in [2.45, 2.75) is 13.0 Å². The van der Waals surface area contributed by atoms with Gasteiger partial charge in [0.1, 0.15) is 0 Å². The summed E-state index contributed by atoms with van der Waals surface area (Å²) in [5.41, 5.74) is 1.02. The van der Waals surface area contributed by atoms with Crippen molar-refractivity contribution in [3.05, 3.63) is 46.2 Å². The molecular formula is C20H25N3O3S. The van der Waals surface area contributed by atoms with E-state index in [0.29, 0.717) is 13.1 Å². The Balaban J connectivity index is 1.15. The number of ether oxygens (including phenoxy) is 2. The van der Waals surface area contributed by atoms with Gasteiger partial charge in [-0.2, -0.15) is 0 Å². The minimum atomic E-state index is 0.0692. The van der Waals surface area contributed by atoms with Gasteiger partial charge in [0.15, 0.2) is 11.5 Å². The lowest BCUT2D eigenvalue weighted by Crippen LogP contribution is -2.49. The van der Waals surface area contributed by atoms with Crippen molar-refractivity contribution in [1.82, 2.24) is 15.1 Å². The van der Waals surface area contributed by atoms with Crippen molar-refractivity contribution in [2.75, 3.05) is 46.1 Å². The number of carbonyl (C=O) groups excluding carboxylic acids is 1. The molecule has 0 aliphatic carbocycles. The Hall–Kier alpha value is -2.09. The van der Waals surface area contributed by atoms with Crippen LogP contribution < -0.4 is 14.8 Å². The van der Waals surface area contributed by atoms with Crippen molar-refractivity contribution in [1.29, 1.82) is 0 Å². The van der Waals surface area contributed by atoms with E-state index in [1.54, 1.807) is 0 Å². The molecule has 0 saturated carbocycles. The zero-order valence-corrected chi connectivity index (χ0v) is 16.2. The van der Waals surface area contributed by atoms with Crippen LogP contribution in [0.5, 0.6) is 11.5 Å². The number of amides is 1. The number of hydrogen-bond acceptors (Lipinski definition) is 6. The molecule has 1 aromatic carbocycles. The zero-order chi connectivity index (χ0) is 18.5. The Morgan fingerprint density at radius 3 is 2.70 bits per heavy atom. The number of rotatable bonds is 7. The molecule has 1 N–H and O–H groups in total. The van der Waals surface area contributed by atoms with Gasteiger partial charge in [0.05, 0.1) is 6.54 Å². The first-order valence-corrected chi connectivity index (χ1v) is 10.3. The summed E-state index contributed by atoms with van der Waals surface area (Å²) in [7, 11) is 0. The van der Waals surface area contributed by atoms with Crippen molar-refractivity contribution in [3.8, 4) is 11.5 Å². The molecule has 0 spiro atoms. The highest BCUT2D eigenvalue weighted by molar-refractivity contribution is 7.09. The average molecular weight is 388 g/mol. The second kappa shape index (κ2) is 8.73. The molecule has 1 saturated heterocycles. The van der Waals surface area contributed by atoms with E-state index in [-0.39, 0.29) is 12.7 Å². The SMILES string of the molecule is O=C(CN1CCN(CCc2cccs2)CC1)NCc1ccc2c(c1)OCO2. The lowest BCUT2D eigenvalue weighted by molar-refractivity contribution is -0.122. The molecule has 0 bridgehead atoms. The molecule has 2 aliphatic rings. The Morgan fingerprint density at radius 2 is 1.89 bits per heavy atom. The van der Waals surface area contributed by atoms with Gasteiger partial charge in [0.2, 0.25) is 12.7 Å². The van der Waals surface area contributed by atoms with Gasteiger partial charge in [-0.05, 0) is 35.6 Å². The van der Waals surface area contributed by atoms with Crippen molar-refractivity contribution in [2.24, 2.45) is 0 Å². The van der Waals surface area contributed by atoms with Crippen LogP contribution >= 0.6 is 11.3 Å². The second-order valence-corrected chi connectivity index (χ2v) is 7.94. The molecule has 2 aliphatic heterocycles. The van der Waals surface area contributed by atoms with Crippen LogP contribution in [0.25, 0.3) is 0 Å². The zero-order valence-electron chi connectivity index (χ0n) is 15.4. The molecule has 0 unspecified atom stereocenters. The molecule has 6 nitrogen and oxygen atoms in total. The third-order valence-electron chi connectivity index (χ3n) is 5.01. The first kappa shape index (κ1) is 18.3. The van der Waals surface area contributed by atoms with Crippen LogP contribution in [0.3, 0.4) is 0 Å². The number of nitrogens with one attached hydrogen (secondary N) is 1. The summed E-state index contributed by atoms with van der Waals surface area (Å²) in [4.78, 5) is 18.4. The number of piperazine rings is 1. The number of benzene rings is 1. The Kier molecular flexibility index (Phi) is 5.91. The number of hydrogen-bond donors (Lipinski definition) is 1. The number of fused-ring (bicyclic) bond motifs is 1. The molecule has 1 aromatic heterocycles. The van der Waals surface area contributed by atoms with Crippen molar-refractivity contribution in [3.63, 3.8) is 0 Å². The Labute approximate surface area is 163 Å². The summed E-state index contributed by atoms with van der Waals surface area (Å²) in [5.74, 6) is 1.59. The molecule has 1 amide bonds. The number of nitrogens with zero attached hydrogens (tertiary/aromatic N) is 2. The van der Waals surface area contributed by atoms with Crippen molar-refractivity contribution < 1.29 is 14.3 Å². The predicted octanol–water partition coefficient (Wildman–Crippen LogP) is 1.95. The van der Waals surface area contributed by atoms with Crippen LogP contribution in [0.4, 0.5) is 0 Å². The highest BCUT2D eigenvalue weighted by Crippen LogP contribution is 2.32. The van der Waals surface area contributed by atoms with Crippen molar-refractivity contribution >= 4 is 17.2 Å². The van der Waals surface area contributed by atoms with Crippen LogP contribution in [0.2, 0.25) is 0 Å². The Morgan fingerprint density at radius 1 is 1.07 bits per heavy atom. The normalized spacial score (nSPS) is 17.2. The van der Waals surface area contributed by atoms with E-state index in [4.69, 9.17) is 9.47 Å². The molecule has 144 valence electrons. The summed E-state index contributed by atoms with van der Waals surface area (Å²) in [6.45, 7) is 6.29. The third-order valence-corrected chi connectivity index (χ3v) is 5.95. The van der Waals surface area contributed by atoms with Crippen LogP contribution in [0.1, 0.15) is 10.4 Å². The lowest BCUT2D eigenvalue weighted by Gasteiger charge is -2.34. The summed E-state index contributed by atoms with van der Waals surface area (Å²) in [6.07, 6.45) is 1.12. The van der Waals surface area contributed by atoms with E-state index < -0.39 is 0 Å². The first-order valence-electron chi connectivity index (χ1n) is 9.38. The van der Waals surface area contributed by atoms with Crippen LogP contribution in [-0.4, -0.2) is 61.8 Å².